The first kappa shape index (κ1) is 10.7. The fourth-order valence-corrected chi connectivity index (χ4v) is 5.38. The number of rotatable bonds is 1. The van der Waals surface area contributed by atoms with Crippen molar-refractivity contribution in [3.05, 3.63) is 17.7 Å². The van der Waals surface area contributed by atoms with E-state index in [0.29, 0.717) is 17.1 Å². The Bertz CT molecular complexity index is 459. The monoisotopic (exact) mass is 243 g/mol. The molecule has 3 heteroatoms. The van der Waals surface area contributed by atoms with Crippen molar-refractivity contribution in [1.29, 1.82) is 0 Å². The Morgan fingerprint density at radius 2 is 1.50 bits per heavy atom. The van der Waals surface area contributed by atoms with Gasteiger partial charge in [-0.3, -0.25) is 0 Å². The van der Waals surface area contributed by atoms with Crippen molar-refractivity contribution >= 4 is 11.6 Å². The lowest BCUT2D eigenvalue weighted by Gasteiger charge is -2.57. The molecule has 0 amide bonds. The van der Waals surface area contributed by atoms with E-state index >= 15 is 0 Å². The van der Waals surface area contributed by atoms with Crippen LogP contribution in [0.25, 0.3) is 0 Å². The SMILES string of the molecule is Nc1ccc(C23CC4CC(CC(C4)C2)C3)c(N)n1. The minimum Gasteiger partial charge on any atom is -0.384 e. The molecule has 4 saturated carbocycles. The zero-order valence-electron chi connectivity index (χ0n) is 10.7. The van der Waals surface area contributed by atoms with E-state index in [1.165, 1.54) is 44.1 Å². The van der Waals surface area contributed by atoms with Crippen molar-refractivity contribution in [3.63, 3.8) is 0 Å². The average Bonchev–Trinajstić information content (AvgIpc) is 2.26. The highest BCUT2D eigenvalue weighted by Crippen LogP contribution is 2.61. The third-order valence-electron chi connectivity index (χ3n) is 5.56. The first-order valence-corrected chi connectivity index (χ1v) is 7.17. The molecule has 4 N–H and O–H groups in total. The number of nitrogens with two attached hydrogens (primary N) is 2. The van der Waals surface area contributed by atoms with Gasteiger partial charge in [0.25, 0.3) is 0 Å². The van der Waals surface area contributed by atoms with Crippen LogP contribution in [-0.2, 0) is 5.41 Å². The van der Waals surface area contributed by atoms with Crippen molar-refractivity contribution in [1.82, 2.24) is 4.98 Å². The molecule has 1 aromatic rings. The van der Waals surface area contributed by atoms with Gasteiger partial charge in [-0.1, -0.05) is 6.07 Å². The molecule has 4 fully saturated rings. The van der Waals surface area contributed by atoms with Crippen LogP contribution >= 0.6 is 0 Å². The summed E-state index contributed by atoms with van der Waals surface area (Å²) in [5.41, 5.74) is 13.5. The number of nitrogens with zero attached hydrogens (tertiary/aromatic N) is 1. The molecule has 0 radical (unpaired) electrons. The molecule has 0 unspecified atom stereocenters. The number of nitrogen functional groups attached to an aromatic ring is 2. The first-order chi connectivity index (χ1) is 8.64. The minimum atomic E-state index is 0.333. The van der Waals surface area contributed by atoms with E-state index in [4.69, 9.17) is 11.5 Å². The van der Waals surface area contributed by atoms with Gasteiger partial charge in [0.2, 0.25) is 0 Å². The number of aromatic nitrogens is 1. The Morgan fingerprint density at radius 3 is 2.00 bits per heavy atom. The number of anilines is 2. The van der Waals surface area contributed by atoms with Crippen molar-refractivity contribution in [2.24, 2.45) is 17.8 Å². The van der Waals surface area contributed by atoms with Gasteiger partial charge in [0.15, 0.2) is 0 Å². The van der Waals surface area contributed by atoms with Crippen molar-refractivity contribution in [2.75, 3.05) is 11.5 Å². The summed E-state index contributed by atoms with van der Waals surface area (Å²) in [4.78, 5) is 4.29. The topological polar surface area (TPSA) is 64.9 Å². The largest absolute Gasteiger partial charge is 0.384 e. The number of hydrogen-bond donors (Lipinski definition) is 2. The van der Waals surface area contributed by atoms with E-state index in [1.54, 1.807) is 0 Å². The lowest BCUT2D eigenvalue weighted by molar-refractivity contribution is -0.00494. The summed E-state index contributed by atoms with van der Waals surface area (Å²) >= 11 is 0. The van der Waals surface area contributed by atoms with Crippen LogP contribution in [0.2, 0.25) is 0 Å². The standard InChI is InChI=1S/C15H21N3/c16-13-2-1-12(14(17)18-13)15-6-9-3-10(7-15)5-11(4-9)8-15/h1-2,9-11H,3-8H2,(H4,16,17,18). The van der Waals surface area contributed by atoms with Crippen LogP contribution in [0, 0.1) is 17.8 Å². The van der Waals surface area contributed by atoms with Gasteiger partial charge in [0.05, 0.1) is 0 Å². The maximum Gasteiger partial charge on any atom is 0.129 e. The lowest BCUT2D eigenvalue weighted by Crippen LogP contribution is -2.48. The van der Waals surface area contributed by atoms with E-state index < -0.39 is 0 Å². The van der Waals surface area contributed by atoms with Crippen molar-refractivity contribution in [3.8, 4) is 0 Å². The molecule has 1 heterocycles. The number of pyridine rings is 1. The Kier molecular flexibility index (Phi) is 2.01. The highest BCUT2D eigenvalue weighted by Gasteiger charge is 2.52. The van der Waals surface area contributed by atoms with Crippen LogP contribution in [-0.4, -0.2) is 4.98 Å². The predicted octanol–water partition coefficient (Wildman–Crippen LogP) is 2.71. The van der Waals surface area contributed by atoms with E-state index in [1.807, 2.05) is 6.07 Å². The second kappa shape index (κ2) is 3.40. The van der Waals surface area contributed by atoms with E-state index in [-0.39, 0.29) is 0 Å². The summed E-state index contributed by atoms with van der Waals surface area (Å²) in [6, 6.07) is 4.06. The molecule has 0 aromatic carbocycles. The Labute approximate surface area is 108 Å². The van der Waals surface area contributed by atoms with Gasteiger partial charge in [0.1, 0.15) is 11.6 Å². The molecule has 4 aliphatic rings. The summed E-state index contributed by atoms with van der Waals surface area (Å²) in [5, 5.41) is 0. The van der Waals surface area contributed by atoms with Crippen LogP contribution in [0.5, 0.6) is 0 Å². The molecule has 18 heavy (non-hydrogen) atoms. The highest BCUT2D eigenvalue weighted by atomic mass is 14.9. The third kappa shape index (κ3) is 1.39. The minimum absolute atomic E-state index is 0.333. The van der Waals surface area contributed by atoms with E-state index in [2.05, 4.69) is 11.1 Å². The van der Waals surface area contributed by atoms with Crippen molar-refractivity contribution < 1.29 is 0 Å². The normalized spacial score (nSPS) is 41.2. The molecule has 4 bridgehead atoms. The second-order valence-corrected chi connectivity index (χ2v) is 6.87. The zero-order valence-corrected chi connectivity index (χ0v) is 10.7. The quantitative estimate of drug-likeness (QED) is 0.797. The fourth-order valence-electron chi connectivity index (χ4n) is 5.38. The van der Waals surface area contributed by atoms with Gasteiger partial charge in [0, 0.05) is 5.56 Å². The average molecular weight is 243 g/mol. The predicted molar refractivity (Wildman–Crippen MR) is 72.9 cm³/mol. The Balaban J connectivity index is 1.79. The smallest absolute Gasteiger partial charge is 0.129 e. The summed E-state index contributed by atoms with van der Waals surface area (Å²) in [5.74, 6) is 4.03. The van der Waals surface area contributed by atoms with Crippen LogP contribution in [0.15, 0.2) is 12.1 Å². The maximum absolute atomic E-state index is 6.15. The maximum atomic E-state index is 6.15. The van der Waals surface area contributed by atoms with Gasteiger partial charge in [-0.25, -0.2) is 4.98 Å². The lowest BCUT2D eigenvalue weighted by atomic mass is 9.48. The van der Waals surface area contributed by atoms with Gasteiger partial charge in [-0.2, -0.15) is 0 Å². The molecule has 96 valence electrons. The molecular weight excluding hydrogens is 222 g/mol. The molecule has 0 aliphatic heterocycles. The Hall–Kier alpha value is -1.25. The van der Waals surface area contributed by atoms with Gasteiger partial charge < -0.3 is 11.5 Å². The third-order valence-corrected chi connectivity index (χ3v) is 5.56. The molecular formula is C15H21N3. The van der Waals surface area contributed by atoms with Crippen LogP contribution in [0.4, 0.5) is 11.6 Å². The highest BCUT2D eigenvalue weighted by molar-refractivity contribution is 5.51. The molecule has 0 saturated heterocycles. The zero-order chi connectivity index (χ0) is 12.3. The van der Waals surface area contributed by atoms with Gasteiger partial charge in [-0.05, 0) is 67.8 Å². The second-order valence-electron chi connectivity index (χ2n) is 6.87. The van der Waals surface area contributed by atoms with Crippen LogP contribution in [0.3, 0.4) is 0 Å². The summed E-state index contributed by atoms with van der Waals surface area (Å²) in [6.45, 7) is 0. The summed E-state index contributed by atoms with van der Waals surface area (Å²) in [7, 11) is 0. The van der Waals surface area contributed by atoms with Crippen LogP contribution in [0.1, 0.15) is 44.1 Å². The molecule has 0 atom stereocenters. The first-order valence-electron chi connectivity index (χ1n) is 7.17. The summed E-state index contributed by atoms with van der Waals surface area (Å²) < 4.78 is 0. The van der Waals surface area contributed by atoms with Crippen molar-refractivity contribution in [2.45, 2.75) is 43.9 Å². The molecule has 1 aromatic heterocycles. The fraction of sp³-hybridized carbons (Fsp3) is 0.667. The molecule has 3 nitrogen and oxygen atoms in total. The number of hydrogen-bond acceptors (Lipinski definition) is 3. The van der Waals surface area contributed by atoms with E-state index in [9.17, 15) is 0 Å². The molecule has 5 rings (SSSR count). The molecule has 0 spiro atoms. The van der Waals surface area contributed by atoms with Gasteiger partial charge >= 0.3 is 0 Å². The van der Waals surface area contributed by atoms with E-state index in [0.717, 1.165) is 17.8 Å². The molecule has 4 aliphatic carbocycles. The Morgan fingerprint density at radius 1 is 0.944 bits per heavy atom. The van der Waals surface area contributed by atoms with Gasteiger partial charge in [-0.15, -0.1) is 0 Å². The van der Waals surface area contributed by atoms with Crippen LogP contribution < -0.4 is 11.5 Å². The summed E-state index contributed by atoms with van der Waals surface area (Å²) in [6.07, 6.45) is 8.36.